The van der Waals surface area contributed by atoms with E-state index < -0.39 is 0 Å². The van der Waals surface area contributed by atoms with Crippen LogP contribution in [0.25, 0.3) is 11.0 Å². The van der Waals surface area contributed by atoms with Gasteiger partial charge in [-0.15, -0.1) is 0 Å². The number of imidazole rings is 1. The molecule has 1 aliphatic heterocycles. The van der Waals surface area contributed by atoms with Gasteiger partial charge in [-0.3, -0.25) is 4.79 Å². The molecule has 3 rings (SSSR count). The van der Waals surface area contributed by atoms with Crippen LogP contribution in [0.5, 0.6) is 0 Å². The first-order valence-corrected chi connectivity index (χ1v) is 5.04. The molecule has 1 fully saturated rings. The summed E-state index contributed by atoms with van der Waals surface area (Å²) in [5.74, 6) is 0.875. The molecule has 2 aromatic rings. The zero-order valence-corrected chi connectivity index (χ0v) is 8.45. The van der Waals surface area contributed by atoms with Gasteiger partial charge in [0.1, 0.15) is 11.3 Å². The SMILES string of the molecule is Cn1ccc2nc(C3CCN3)[nH]c2c1=O. The number of hydrogen-bond donors (Lipinski definition) is 2. The molecule has 1 unspecified atom stereocenters. The summed E-state index contributed by atoms with van der Waals surface area (Å²) in [6.45, 7) is 1.03. The van der Waals surface area contributed by atoms with Crippen molar-refractivity contribution >= 4 is 11.0 Å². The highest BCUT2D eigenvalue weighted by Crippen LogP contribution is 2.21. The van der Waals surface area contributed by atoms with Crippen molar-refractivity contribution in [3.05, 3.63) is 28.4 Å². The number of aromatic nitrogens is 3. The summed E-state index contributed by atoms with van der Waals surface area (Å²) in [6, 6.07) is 2.15. The van der Waals surface area contributed by atoms with Gasteiger partial charge in [0.25, 0.3) is 5.56 Å². The van der Waals surface area contributed by atoms with E-state index in [0.29, 0.717) is 11.6 Å². The van der Waals surface area contributed by atoms with E-state index in [9.17, 15) is 4.79 Å². The molecule has 78 valence electrons. The smallest absolute Gasteiger partial charge is 0.276 e. The fraction of sp³-hybridized carbons (Fsp3) is 0.400. The Bertz CT molecular complexity index is 564. The highest BCUT2D eigenvalue weighted by molar-refractivity contribution is 5.73. The van der Waals surface area contributed by atoms with E-state index in [0.717, 1.165) is 24.3 Å². The molecule has 2 N–H and O–H groups in total. The highest BCUT2D eigenvalue weighted by atomic mass is 16.1. The first-order chi connectivity index (χ1) is 7.25. The maximum Gasteiger partial charge on any atom is 0.276 e. The van der Waals surface area contributed by atoms with Crippen molar-refractivity contribution in [2.24, 2.45) is 7.05 Å². The van der Waals surface area contributed by atoms with Crippen LogP contribution in [0.3, 0.4) is 0 Å². The average molecular weight is 204 g/mol. The minimum absolute atomic E-state index is 0.0226. The number of fused-ring (bicyclic) bond motifs is 1. The van der Waals surface area contributed by atoms with Gasteiger partial charge in [0.2, 0.25) is 0 Å². The number of aryl methyl sites for hydroxylation is 1. The minimum atomic E-state index is -0.0226. The first kappa shape index (κ1) is 8.67. The molecule has 1 aliphatic rings. The standard InChI is InChI=1S/C10H12N4O/c1-14-5-3-6-8(10(14)15)13-9(12-6)7-2-4-11-7/h3,5,7,11H,2,4H2,1H3,(H,12,13). The maximum atomic E-state index is 11.7. The third kappa shape index (κ3) is 1.20. The highest BCUT2D eigenvalue weighted by Gasteiger charge is 2.22. The van der Waals surface area contributed by atoms with Gasteiger partial charge >= 0.3 is 0 Å². The Kier molecular flexibility index (Phi) is 1.70. The molecule has 2 aromatic heterocycles. The lowest BCUT2D eigenvalue weighted by molar-refractivity contribution is 0.369. The molecule has 1 atom stereocenters. The third-order valence-corrected chi connectivity index (χ3v) is 2.89. The number of hydrogen-bond acceptors (Lipinski definition) is 3. The molecule has 15 heavy (non-hydrogen) atoms. The lowest BCUT2D eigenvalue weighted by atomic mass is 10.1. The molecule has 0 spiro atoms. The molecule has 0 radical (unpaired) electrons. The Morgan fingerprint density at radius 3 is 3.07 bits per heavy atom. The van der Waals surface area contributed by atoms with Crippen LogP contribution in [0.4, 0.5) is 0 Å². The average Bonchev–Trinajstić information content (AvgIpc) is 2.53. The molecule has 5 heteroatoms. The van der Waals surface area contributed by atoms with Crippen LogP contribution in [0.15, 0.2) is 17.1 Å². The van der Waals surface area contributed by atoms with Crippen LogP contribution >= 0.6 is 0 Å². The van der Waals surface area contributed by atoms with Crippen molar-refractivity contribution in [3.63, 3.8) is 0 Å². The Hall–Kier alpha value is -1.62. The molecule has 0 amide bonds. The van der Waals surface area contributed by atoms with Crippen molar-refractivity contribution in [2.75, 3.05) is 6.54 Å². The second-order valence-electron chi connectivity index (χ2n) is 3.91. The number of nitrogens with zero attached hydrogens (tertiary/aromatic N) is 2. The van der Waals surface area contributed by atoms with Crippen molar-refractivity contribution in [2.45, 2.75) is 12.5 Å². The zero-order chi connectivity index (χ0) is 10.4. The fourth-order valence-electron chi connectivity index (χ4n) is 1.80. The summed E-state index contributed by atoms with van der Waals surface area (Å²) in [7, 11) is 1.74. The quantitative estimate of drug-likeness (QED) is 0.702. The van der Waals surface area contributed by atoms with Crippen LogP contribution in [0, 0.1) is 0 Å². The number of H-pyrrole nitrogens is 1. The van der Waals surface area contributed by atoms with E-state index >= 15 is 0 Å². The minimum Gasteiger partial charge on any atom is -0.336 e. The second-order valence-corrected chi connectivity index (χ2v) is 3.91. The lowest BCUT2D eigenvalue weighted by Crippen LogP contribution is -2.35. The van der Waals surface area contributed by atoms with Gasteiger partial charge in [0.05, 0.1) is 11.6 Å². The van der Waals surface area contributed by atoms with E-state index in [-0.39, 0.29) is 5.56 Å². The van der Waals surface area contributed by atoms with Crippen molar-refractivity contribution < 1.29 is 0 Å². The number of aromatic amines is 1. The Morgan fingerprint density at radius 2 is 2.40 bits per heavy atom. The number of pyridine rings is 1. The van der Waals surface area contributed by atoms with Gasteiger partial charge < -0.3 is 14.9 Å². The molecule has 1 saturated heterocycles. The largest absolute Gasteiger partial charge is 0.336 e. The topological polar surface area (TPSA) is 62.7 Å². The van der Waals surface area contributed by atoms with E-state index in [1.165, 1.54) is 0 Å². The van der Waals surface area contributed by atoms with E-state index in [1.54, 1.807) is 17.8 Å². The van der Waals surface area contributed by atoms with E-state index in [2.05, 4.69) is 15.3 Å². The summed E-state index contributed by atoms with van der Waals surface area (Å²) < 4.78 is 1.55. The molecule has 0 saturated carbocycles. The predicted octanol–water partition coefficient (Wildman–Crippen LogP) is 0.296. The van der Waals surface area contributed by atoms with Crippen LogP contribution in [-0.2, 0) is 7.05 Å². The van der Waals surface area contributed by atoms with Crippen molar-refractivity contribution in [1.29, 1.82) is 0 Å². The van der Waals surface area contributed by atoms with Gasteiger partial charge in [-0.2, -0.15) is 0 Å². The zero-order valence-electron chi connectivity index (χ0n) is 8.45. The lowest BCUT2D eigenvalue weighted by Gasteiger charge is -2.25. The molecule has 0 aromatic carbocycles. The van der Waals surface area contributed by atoms with Crippen molar-refractivity contribution in [1.82, 2.24) is 19.9 Å². The Morgan fingerprint density at radius 1 is 1.60 bits per heavy atom. The molecular weight excluding hydrogens is 192 g/mol. The van der Waals surface area contributed by atoms with E-state index in [4.69, 9.17) is 0 Å². The molecule has 0 aliphatic carbocycles. The summed E-state index contributed by atoms with van der Waals surface area (Å²) in [4.78, 5) is 19.2. The Balaban J connectivity index is 2.21. The van der Waals surface area contributed by atoms with Gasteiger partial charge in [-0.05, 0) is 19.0 Å². The van der Waals surface area contributed by atoms with Crippen LogP contribution in [0.2, 0.25) is 0 Å². The number of nitrogens with one attached hydrogen (secondary N) is 2. The maximum absolute atomic E-state index is 11.7. The monoisotopic (exact) mass is 204 g/mol. The Labute approximate surface area is 86.1 Å². The third-order valence-electron chi connectivity index (χ3n) is 2.89. The summed E-state index contributed by atoms with van der Waals surface area (Å²) in [5.41, 5.74) is 1.33. The number of rotatable bonds is 1. The van der Waals surface area contributed by atoms with Crippen LogP contribution in [0.1, 0.15) is 18.3 Å². The van der Waals surface area contributed by atoms with Gasteiger partial charge in [0, 0.05) is 13.2 Å². The van der Waals surface area contributed by atoms with Crippen LogP contribution < -0.4 is 10.9 Å². The summed E-state index contributed by atoms with van der Waals surface area (Å²) >= 11 is 0. The summed E-state index contributed by atoms with van der Waals surface area (Å²) in [6.07, 6.45) is 2.82. The molecule has 3 heterocycles. The van der Waals surface area contributed by atoms with E-state index in [1.807, 2.05) is 6.07 Å². The van der Waals surface area contributed by atoms with Crippen LogP contribution in [-0.4, -0.2) is 21.1 Å². The summed E-state index contributed by atoms with van der Waals surface area (Å²) in [5, 5.41) is 3.25. The van der Waals surface area contributed by atoms with Gasteiger partial charge in [-0.1, -0.05) is 0 Å². The van der Waals surface area contributed by atoms with Gasteiger partial charge in [-0.25, -0.2) is 4.98 Å². The second kappa shape index (κ2) is 2.93. The predicted molar refractivity (Wildman–Crippen MR) is 56.7 cm³/mol. The molecule has 0 bridgehead atoms. The first-order valence-electron chi connectivity index (χ1n) is 5.04. The molecule has 5 nitrogen and oxygen atoms in total. The molecular formula is C10H12N4O. The van der Waals surface area contributed by atoms with Gasteiger partial charge in [0.15, 0.2) is 0 Å². The normalized spacial score (nSPS) is 20.5. The van der Waals surface area contributed by atoms with Crippen molar-refractivity contribution in [3.8, 4) is 0 Å². The fourth-order valence-corrected chi connectivity index (χ4v) is 1.80.